The number of carbonyl (C=O) groups is 1. The van der Waals surface area contributed by atoms with Gasteiger partial charge in [-0.2, -0.15) is 0 Å². The van der Waals surface area contributed by atoms with Crippen molar-refractivity contribution in [1.82, 2.24) is 0 Å². The molecule has 3 aromatic rings. The van der Waals surface area contributed by atoms with Crippen molar-refractivity contribution in [2.75, 3.05) is 12.0 Å². The number of anilines is 1. The van der Waals surface area contributed by atoms with E-state index in [0.29, 0.717) is 5.69 Å². The third-order valence-electron chi connectivity index (χ3n) is 5.52. The number of ether oxygens (including phenoxy) is 1. The number of hydrogen-bond donors (Lipinski definition) is 0. The average molecular weight is 370 g/mol. The fourth-order valence-corrected chi connectivity index (χ4v) is 3.96. The fourth-order valence-electron chi connectivity index (χ4n) is 3.96. The van der Waals surface area contributed by atoms with Gasteiger partial charge in [0.15, 0.2) is 4.98 Å². The predicted octanol–water partition coefficient (Wildman–Crippen LogP) is 5.23. The molecule has 0 N–H and O–H groups in total. The molecule has 1 amide bonds. The molecule has 2 atom stereocenters. The van der Waals surface area contributed by atoms with Gasteiger partial charge in [0.1, 0.15) is 5.75 Å². The SMILES string of the molecule is COc1ccc([C@H]2N(c3ccccc3)C(=O)[C@]2(C)c2ccc([N+]#N)cc2)cc1. The summed E-state index contributed by atoms with van der Waals surface area (Å²) in [4.78, 5) is 18.4. The first-order valence-electron chi connectivity index (χ1n) is 9.08. The van der Waals surface area contributed by atoms with E-state index in [9.17, 15) is 4.79 Å². The van der Waals surface area contributed by atoms with Crippen LogP contribution in [-0.2, 0) is 10.2 Å². The summed E-state index contributed by atoms with van der Waals surface area (Å²) >= 11 is 0. The van der Waals surface area contributed by atoms with Crippen molar-refractivity contribution < 1.29 is 9.53 Å². The van der Waals surface area contributed by atoms with Crippen LogP contribution >= 0.6 is 0 Å². The monoisotopic (exact) mass is 370 g/mol. The zero-order valence-corrected chi connectivity index (χ0v) is 15.7. The van der Waals surface area contributed by atoms with Crippen molar-refractivity contribution in [2.24, 2.45) is 0 Å². The summed E-state index contributed by atoms with van der Waals surface area (Å²) in [6.45, 7) is 1.97. The standard InChI is InChI=1S/C23H20N3O2/c1-23(17-10-12-18(25-24)13-11-17)21(16-8-14-20(28-2)15-9-16)26(22(23)27)19-6-4-3-5-7-19/h3-15,21H,1-2H3/q+1/t21-,23-/m1/s1. The van der Waals surface area contributed by atoms with Crippen LogP contribution < -0.4 is 9.64 Å². The highest BCUT2D eigenvalue weighted by Crippen LogP contribution is 2.53. The van der Waals surface area contributed by atoms with E-state index in [4.69, 9.17) is 10.1 Å². The lowest BCUT2D eigenvalue weighted by atomic mass is 9.64. The zero-order valence-electron chi connectivity index (χ0n) is 15.7. The minimum absolute atomic E-state index is 0.0354. The third-order valence-corrected chi connectivity index (χ3v) is 5.52. The number of benzene rings is 3. The molecule has 0 aliphatic carbocycles. The van der Waals surface area contributed by atoms with Gasteiger partial charge in [-0.25, -0.2) is 0 Å². The van der Waals surface area contributed by atoms with Gasteiger partial charge in [0.25, 0.3) is 0 Å². The van der Waals surface area contributed by atoms with E-state index < -0.39 is 5.41 Å². The van der Waals surface area contributed by atoms with Gasteiger partial charge in [0.2, 0.25) is 11.3 Å². The lowest BCUT2D eigenvalue weighted by Gasteiger charge is -2.55. The molecule has 0 saturated carbocycles. The first-order valence-corrected chi connectivity index (χ1v) is 9.08. The van der Waals surface area contributed by atoms with E-state index >= 15 is 0 Å². The van der Waals surface area contributed by atoms with Crippen molar-refractivity contribution in [3.05, 3.63) is 95.0 Å². The summed E-state index contributed by atoms with van der Waals surface area (Å²) in [6.07, 6.45) is 0. The number of methoxy groups -OCH3 is 1. The van der Waals surface area contributed by atoms with Gasteiger partial charge >= 0.3 is 5.69 Å². The van der Waals surface area contributed by atoms with Crippen LogP contribution in [0.25, 0.3) is 4.98 Å². The Bertz CT molecular complexity index is 1040. The van der Waals surface area contributed by atoms with E-state index in [1.54, 1.807) is 19.2 Å². The zero-order chi connectivity index (χ0) is 19.7. The van der Waals surface area contributed by atoms with Crippen LogP contribution in [0.3, 0.4) is 0 Å². The van der Waals surface area contributed by atoms with E-state index in [2.05, 4.69) is 4.98 Å². The van der Waals surface area contributed by atoms with Crippen LogP contribution in [0, 0.1) is 5.39 Å². The van der Waals surface area contributed by atoms with Crippen molar-refractivity contribution in [1.29, 1.82) is 5.39 Å². The lowest BCUT2D eigenvalue weighted by molar-refractivity contribution is -0.132. The number of carbonyl (C=O) groups excluding carboxylic acids is 1. The van der Waals surface area contributed by atoms with Gasteiger partial charge in [0, 0.05) is 17.8 Å². The molecule has 0 spiro atoms. The fraction of sp³-hybridized carbons (Fsp3) is 0.174. The number of β-lactam (4-membered cyclic amide) rings is 1. The summed E-state index contributed by atoms with van der Waals surface area (Å²) in [5, 5.41) is 8.96. The first kappa shape index (κ1) is 17.7. The highest BCUT2D eigenvalue weighted by atomic mass is 16.5. The summed E-state index contributed by atoms with van der Waals surface area (Å²) in [5.41, 5.74) is 2.52. The molecule has 1 saturated heterocycles. The minimum Gasteiger partial charge on any atom is -0.497 e. The van der Waals surface area contributed by atoms with Crippen LogP contribution in [0.2, 0.25) is 0 Å². The van der Waals surface area contributed by atoms with Crippen LogP contribution in [0.4, 0.5) is 11.4 Å². The number of nitrogens with zero attached hydrogens (tertiary/aromatic N) is 3. The molecule has 28 heavy (non-hydrogen) atoms. The maximum absolute atomic E-state index is 13.4. The summed E-state index contributed by atoms with van der Waals surface area (Å²) in [5.74, 6) is 0.810. The van der Waals surface area contributed by atoms with Crippen molar-refractivity contribution in [3.63, 3.8) is 0 Å². The van der Waals surface area contributed by atoms with Crippen molar-refractivity contribution in [3.8, 4) is 5.75 Å². The van der Waals surface area contributed by atoms with Crippen LogP contribution in [0.15, 0.2) is 78.9 Å². The second-order valence-corrected chi connectivity index (χ2v) is 7.04. The number of diazo groups is 1. The average Bonchev–Trinajstić information content (AvgIpc) is 2.77. The number of rotatable bonds is 4. The molecule has 5 nitrogen and oxygen atoms in total. The van der Waals surface area contributed by atoms with Crippen LogP contribution in [0.5, 0.6) is 5.75 Å². The first-order chi connectivity index (χ1) is 13.6. The Hall–Kier alpha value is -3.65. The van der Waals surface area contributed by atoms with Gasteiger partial charge < -0.3 is 9.64 Å². The Morgan fingerprint density at radius 1 is 0.964 bits per heavy atom. The predicted molar refractivity (Wildman–Crippen MR) is 108 cm³/mol. The minimum atomic E-state index is -0.724. The molecule has 3 aromatic carbocycles. The van der Waals surface area contributed by atoms with E-state index in [1.807, 2.05) is 78.6 Å². The van der Waals surface area contributed by atoms with E-state index in [0.717, 1.165) is 22.6 Å². The maximum Gasteiger partial charge on any atom is 0.385 e. The van der Waals surface area contributed by atoms with E-state index in [1.165, 1.54) is 0 Å². The molecule has 1 aliphatic rings. The smallest absolute Gasteiger partial charge is 0.385 e. The molecule has 4 rings (SSSR count). The Labute approximate surface area is 163 Å². The molecular formula is C23H20N3O2+. The third kappa shape index (κ3) is 2.62. The summed E-state index contributed by atoms with van der Waals surface area (Å²) in [7, 11) is 1.63. The Morgan fingerprint density at radius 2 is 1.61 bits per heavy atom. The molecule has 138 valence electrons. The van der Waals surface area contributed by atoms with Gasteiger partial charge in [-0.1, -0.05) is 30.3 Å². The molecule has 5 heteroatoms. The Kier molecular flexibility index (Phi) is 4.32. The molecule has 1 aliphatic heterocycles. The second-order valence-electron chi connectivity index (χ2n) is 7.04. The number of para-hydroxylation sites is 1. The molecule has 0 bridgehead atoms. The normalized spacial score (nSPS) is 21.0. The molecule has 0 unspecified atom stereocenters. The second kappa shape index (κ2) is 6.82. The molecule has 1 fully saturated rings. The number of hydrogen-bond acceptors (Lipinski definition) is 3. The van der Waals surface area contributed by atoms with E-state index in [-0.39, 0.29) is 11.9 Å². The lowest BCUT2D eigenvalue weighted by Crippen LogP contribution is -2.65. The van der Waals surface area contributed by atoms with Gasteiger partial charge in [-0.05, 0) is 54.4 Å². The molecular weight excluding hydrogens is 350 g/mol. The highest BCUT2D eigenvalue weighted by Gasteiger charge is 2.59. The quantitative estimate of drug-likeness (QED) is 0.467. The van der Waals surface area contributed by atoms with Gasteiger partial charge in [-0.15, -0.1) is 0 Å². The van der Waals surface area contributed by atoms with Crippen molar-refractivity contribution >= 4 is 17.3 Å². The number of amides is 1. The maximum atomic E-state index is 13.4. The van der Waals surface area contributed by atoms with Crippen LogP contribution in [-0.4, -0.2) is 13.0 Å². The van der Waals surface area contributed by atoms with Gasteiger partial charge in [-0.3, -0.25) is 4.79 Å². The van der Waals surface area contributed by atoms with Crippen LogP contribution in [0.1, 0.15) is 24.1 Å². The summed E-state index contributed by atoms with van der Waals surface area (Å²) in [6, 6.07) is 24.5. The van der Waals surface area contributed by atoms with Gasteiger partial charge in [0.05, 0.1) is 18.6 Å². The topological polar surface area (TPSA) is 57.7 Å². The molecule has 0 radical (unpaired) electrons. The molecule has 1 heterocycles. The Morgan fingerprint density at radius 3 is 2.18 bits per heavy atom. The molecule has 0 aromatic heterocycles. The Balaban J connectivity index is 1.82. The largest absolute Gasteiger partial charge is 0.497 e. The van der Waals surface area contributed by atoms with Crippen molar-refractivity contribution in [2.45, 2.75) is 18.4 Å². The highest BCUT2D eigenvalue weighted by molar-refractivity contribution is 6.09. The summed E-state index contributed by atoms with van der Waals surface area (Å²) < 4.78 is 5.28.